The second-order valence-corrected chi connectivity index (χ2v) is 8.20. The van der Waals surface area contributed by atoms with Gasteiger partial charge in [0.15, 0.2) is 0 Å². The molecule has 0 radical (unpaired) electrons. The van der Waals surface area contributed by atoms with E-state index in [9.17, 15) is 9.59 Å². The predicted octanol–water partition coefficient (Wildman–Crippen LogP) is 4.70. The highest BCUT2D eigenvalue weighted by Gasteiger charge is 2.42. The monoisotopic (exact) mass is 412 g/mol. The number of ether oxygens (including phenoxy) is 1. The summed E-state index contributed by atoms with van der Waals surface area (Å²) in [4.78, 5) is 29.1. The van der Waals surface area contributed by atoms with Crippen LogP contribution in [0.2, 0.25) is 0 Å². The molecule has 3 aromatic rings. The molecule has 0 aromatic heterocycles. The van der Waals surface area contributed by atoms with Crippen molar-refractivity contribution in [1.29, 1.82) is 0 Å². The fourth-order valence-electron chi connectivity index (χ4n) is 4.73. The molecule has 5 heteroatoms. The SMILES string of the molecule is CC(=O)N1CC2CN(C(=O)c3ccc(Oc4ccccc4)cc3)CC2c2ccccc21. The van der Waals surface area contributed by atoms with Gasteiger partial charge in [-0.05, 0) is 48.0 Å². The van der Waals surface area contributed by atoms with E-state index in [-0.39, 0.29) is 23.7 Å². The molecule has 1 saturated heterocycles. The normalized spacial score (nSPS) is 19.5. The van der Waals surface area contributed by atoms with E-state index in [4.69, 9.17) is 4.74 Å². The van der Waals surface area contributed by atoms with E-state index >= 15 is 0 Å². The van der Waals surface area contributed by atoms with Crippen molar-refractivity contribution in [3.63, 3.8) is 0 Å². The summed E-state index contributed by atoms with van der Waals surface area (Å²) in [6.45, 7) is 3.59. The lowest BCUT2D eigenvalue weighted by Gasteiger charge is -2.35. The summed E-state index contributed by atoms with van der Waals surface area (Å²) in [6.07, 6.45) is 0. The second kappa shape index (κ2) is 7.91. The number of rotatable bonds is 3. The lowest BCUT2D eigenvalue weighted by molar-refractivity contribution is -0.116. The molecule has 156 valence electrons. The fraction of sp³-hybridized carbons (Fsp3) is 0.231. The standard InChI is InChI=1S/C26H24N2O3/c1-18(29)28-16-20-15-27(17-24(20)23-9-5-6-10-25(23)28)26(30)19-11-13-22(14-12-19)31-21-7-3-2-4-8-21/h2-14,20,24H,15-17H2,1H3. The molecule has 0 bridgehead atoms. The van der Waals surface area contributed by atoms with Crippen molar-refractivity contribution in [3.8, 4) is 11.5 Å². The molecule has 5 rings (SSSR count). The molecular formula is C26H24N2O3. The van der Waals surface area contributed by atoms with Crippen LogP contribution in [0.3, 0.4) is 0 Å². The average Bonchev–Trinajstić information content (AvgIpc) is 3.24. The Bertz CT molecular complexity index is 1110. The van der Waals surface area contributed by atoms with Crippen LogP contribution in [-0.4, -0.2) is 36.3 Å². The van der Waals surface area contributed by atoms with Gasteiger partial charge in [-0.1, -0.05) is 36.4 Å². The summed E-state index contributed by atoms with van der Waals surface area (Å²) in [5.41, 5.74) is 2.79. The maximum Gasteiger partial charge on any atom is 0.253 e. The molecule has 1 fully saturated rings. The van der Waals surface area contributed by atoms with Gasteiger partial charge in [-0.25, -0.2) is 0 Å². The van der Waals surface area contributed by atoms with E-state index in [1.165, 1.54) is 0 Å². The topological polar surface area (TPSA) is 49.9 Å². The lowest BCUT2D eigenvalue weighted by Crippen LogP contribution is -2.40. The second-order valence-electron chi connectivity index (χ2n) is 8.20. The minimum atomic E-state index is 0.0208. The van der Waals surface area contributed by atoms with Crippen LogP contribution in [0.4, 0.5) is 5.69 Å². The summed E-state index contributed by atoms with van der Waals surface area (Å²) in [6, 6.07) is 24.9. The van der Waals surface area contributed by atoms with Crippen LogP contribution in [-0.2, 0) is 4.79 Å². The number of amides is 2. The summed E-state index contributed by atoms with van der Waals surface area (Å²) in [7, 11) is 0. The zero-order valence-electron chi connectivity index (χ0n) is 17.4. The minimum Gasteiger partial charge on any atom is -0.457 e. The number of likely N-dealkylation sites (tertiary alicyclic amines) is 1. The van der Waals surface area contributed by atoms with Crippen LogP contribution in [0.5, 0.6) is 11.5 Å². The number of anilines is 1. The number of benzene rings is 3. The molecule has 5 nitrogen and oxygen atoms in total. The van der Waals surface area contributed by atoms with Gasteiger partial charge in [-0.3, -0.25) is 9.59 Å². The van der Waals surface area contributed by atoms with E-state index in [1.807, 2.05) is 82.6 Å². The zero-order chi connectivity index (χ0) is 21.4. The number of para-hydroxylation sites is 2. The molecule has 0 N–H and O–H groups in total. The van der Waals surface area contributed by atoms with Gasteiger partial charge in [0.2, 0.25) is 5.91 Å². The van der Waals surface area contributed by atoms with Crippen molar-refractivity contribution in [3.05, 3.63) is 90.0 Å². The fourth-order valence-corrected chi connectivity index (χ4v) is 4.73. The van der Waals surface area contributed by atoms with E-state index in [2.05, 4.69) is 6.07 Å². The predicted molar refractivity (Wildman–Crippen MR) is 120 cm³/mol. The Morgan fingerprint density at radius 1 is 0.806 bits per heavy atom. The average molecular weight is 412 g/mol. The highest BCUT2D eigenvalue weighted by molar-refractivity contribution is 5.95. The third kappa shape index (κ3) is 3.67. The number of fused-ring (bicyclic) bond motifs is 3. The quantitative estimate of drug-likeness (QED) is 0.627. The Labute approximate surface area is 181 Å². The van der Waals surface area contributed by atoms with Crippen LogP contribution >= 0.6 is 0 Å². The Kier molecular flexibility index (Phi) is 4.94. The molecule has 2 atom stereocenters. The molecule has 0 aliphatic carbocycles. The van der Waals surface area contributed by atoms with E-state index < -0.39 is 0 Å². The van der Waals surface area contributed by atoms with Gasteiger partial charge >= 0.3 is 0 Å². The minimum absolute atomic E-state index is 0.0208. The summed E-state index contributed by atoms with van der Waals surface area (Å²) >= 11 is 0. The first-order chi connectivity index (χ1) is 15.1. The smallest absolute Gasteiger partial charge is 0.253 e. The first-order valence-corrected chi connectivity index (χ1v) is 10.6. The highest BCUT2D eigenvalue weighted by atomic mass is 16.5. The van der Waals surface area contributed by atoms with Gasteiger partial charge in [-0.15, -0.1) is 0 Å². The van der Waals surface area contributed by atoms with Crippen molar-refractivity contribution >= 4 is 17.5 Å². The van der Waals surface area contributed by atoms with Crippen molar-refractivity contribution in [2.75, 3.05) is 24.5 Å². The zero-order valence-corrected chi connectivity index (χ0v) is 17.4. The molecular weight excluding hydrogens is 388 g/mol. The maximum atomic E-state index is 13.2. The first-order valence-electron chi connectivity index (χ1n) is 10.6. The molecule has 2 heterocycles. The highest BCUT2D eigenvalue weighted by Crippen LogP contribution is 2.43. The van der Waals surface area contributed by atoms with Crippen molar-refractivity contribution < 1.29 is 14.3 Å². The number of carbonyl (C=O) groups is 2. The van der Waals surface area contributed by atoms with Gasteiger partial charge in [0.05, 0.1) is 0 Å². The third-order valence-corrected chi connectivity index (χ3v) is 6.23. The van der Waals surface area contributed by atoms with Crippen molar-refractivity contribution in [1.82, 2.24) is 4.90 Å². The Balaban J connectivity index is 1.32. The molecule has 3 aromatic carbocycles. The van der Waals surface area contributed by atoms with Gasteiger partial charge in [0.25, 0.3) is 5.91 Å². The van der Waals surface area contributed by atoms with Crippen LogP contribution in [0.1, 0.15) is 28.8 Å². The number of hydrogen-bond donors (Lipinski definition) is 0. The number of hydrogen-bond acceptors (Lipinski definition) is 3. The molecule has 0 saturated carbocycles. The van der Waals surface area contributed by atoms with Gasteiger partial charge in [-0.2, -0.15) is 0 Å². The number of nitrogens with zero attached hydrogens (tertiary/aromatic N) is 2. The van der Waals surface area contributed by atoms with Crippen LogP contribution < -0.4 is 9.64 Å². The van der Waals surface area contributed by atoms with E-state index in [0.717, 1.165) is 17.0 Å². The Morgan fingerprint density at radius 2 is 1.48 bits per heavy atom. The third-order valence-electron chi connectivity index (χ3n) is 6.23. The summed E-state index contributed by atoms with van der Waals surface area (Å²) in [5, 5.41) is 0. The first kappa shape index (κ1) is 19.4. The molecule has 0 spiro atoms. The van der Waals surface area contributed by atoms with Crippen LogP contribution in [0.25, 0.3) is 0 Å². The van der Waals surface area contributed by atoms with Crippen molar-refractivity contribution in [2.24, 2.45) is 5.92 Å². The maximum absolute atomic E-state index is 13.2. The largest absolute Gasteiger partial charge is 0.457 e. The lowest BCUT2D eigenvalue weighted by atomic mass is 9.84. The van der Waals surface area contributed by atoms with Gasteiger partial charge in [0.1, 0.15) is 11.5 Å². The Hall–Kier alpha value is -3.60. The van der Waals surface area contributed by atoms with Crippen molar-refractivity contribution in [2.45, 2.75) is 12.8 Å². The molecule has 31 heavy (non-hydrogen) atoms. The molecule has 2 aliphatic rings. The van der Waals surface area contributed by atoms with Crippen LogP contribution in [0.15, 0.2) is 78.9 Å². The van der Waals surface area contributed by atoms with Gasteiger partial charge in [0, 0.05) is 49.6 Å². The summed E-state index contributed by atoms with van der Waals surface area (Å²) < 4.78 is 5.83. The Morgan fingerprint density at radius 3 is 2.23 bits per heavy atom. The van der Waals surface area contributed by atoms with E-state index in [1.54, 1.807) is 6.92 Å². The van der Waals surface area contributed by atoms with Gasteiger partial charge < -0.3 is 14.5 Å². The summed E-state index contributed by atoms with van der Waals surface area (Å²) in [5.74, 6) is 2.04. The van der Waals surface area contributed by atoms with E-state index in [0.29, 0.717) is 30.9 Å². The molecule has 2 aliphatic heterocycles. The molecule has 2 amide bonds. The van der Waals surface area contributed by atoms with Crippen LogP contribution in [0, 0.1) is 5.92 Å². The molecule has 2 unspecified atom stereocenters. The number of carbonyl (C=O) groups excluding carboxylic acids is 2.